The van der Waals surface area contributed by atoms with E-state index in [4.69, 9.17) is 5.11 Å². The quantitative estimate of drug-likeness (QED) is 0.678. The molecule has 2 aromatic rings. The van der Waals surface area contributed by atoms with Crippen molar-refractivity contribution in [3.8, 4) is 11.4 Å². The zero-order valence-electron chi connectivity index (χ0n) is 12.0. The Morgan fingerprint density at radius 1 is 1.39 bits per heavy atom. The first-order valence-electron chi connectivity index (χ1n) is 6.23. The van der Waals surface area contributed by atoms with Gasteiger partial charge in [-0.1, -0.05) is 11.8 Å². The van der Waals surface area contributed by atoms with Crippen LogP contribution in [0.5, 0.6) is 0 Å². The van der Waals surface area contributed by atoms with Gasteiger partial charge in [-0.2, -0.15) is 13.2 Å². The van der Waals surface area contributed by atoms with Crippen molar-refractivity contribution in [2.45, 2.75) is 18.3 Å². The van der Waals surface area contributed by atoms with Crippen molar-refractivity contribution in [1.29, 1.82) is 0 Å². The van der Waals surface area contributed by atoms with Gasteiger partial charge in [0, 0.05) is 7.05 Å². The van der Waals surface area contributed by atoms with Crippen LogP contribution in [0.4, 0.5) is 17.6 Å². The van der Waals surface area contributed by atoms with E-state index in [1.54, 1.807) is 0 Å². The standard InChI is InChI=1S/C13H11F4N3O2S/c1-6-3-9(14)8(4-7(6)11(21)22)10-18-12(19-20(10)2)23-5-13(15,16)17/h3-4H,5H2,1-2H3,(H,21,22). The molecule has 0 bridgehead atoms. The van der Waals surface area contributed by atoms with Crippen molar-refractivity contribution in [2.75, 3.05) is 5.75 Å². The molecule has 0 aliphatic rings. The van der Waals surface area contributed by atoms with Gasteiger partial charge in [0.2, 0.25) is 5.16 Å². The number of thioether (sulfide) groups is 1. The Labute approximate surface area is 132 Å². The van der Waals surface area contributed by atoms with Gasteiger partial charge in [-0.15, -0.1) is 5.10 Å². The third-order valence-corrected chi connectivity index (χ3v) is 3.80. The number of hydrogen-bond donors (Lipinski definition) is 1. The molecule has 0 saturated heterocycles. The second-order valence-corrected chi connectivity index (χ2v) is 5.64. The molecule has 1 N–H and O–H groups in total. The minimum Gasteiger partial charge on any atom is -0.478 e. The summed E-state index contributed by atoms with van der Waals surface area (Å²) < 4.78 is 51.8. The predicted molar refractivity (Wildman–Crippen MR) is 74.9 cm³/mol. The third-order valence-electron chi connectivity index (χ3n) is 2.89. The van der Waals surface area contributed by atoms with Gasteiger partial charge >= 0.3 is 12.1 Å². The number of rotatable bonds is 4. The number of benzene rings is 1. The van der Waals surface area contributed by atoms with Gasteiger partial charge in [-0.05, 0) is 24.6 Å². The predicted octanol–water partition coefficient (Wildman–Crippen LogP) is 3.28. The highest BCUT2D eigenvalue weighted by Gasteiger charge is 2.28. The summed E-state index contributed by atoms with van der Waals surface area (Å²) in [5.74, 6) is -3.18. The summed E-state index contributed by atoms with van der Waals surface area (Å²) in [7, 11) is 1.39. The fraction of sp³-hybridized carbons (Fsp3) is 0.308. The summed E-state index contributed by atoms with van der Waals surface area (Å²) in [5.41, 5.74) is -0.0247. The van der Waals surface area contributed by atoms with Gasteiger partial charge in [0.25, 0.3) is 0 Å². The van der Waals surface area contributed by atoms with Crippen LogP contribution in [0.1, 0.15) is 15.9 Å². The number of hydrogen-bond acceptors (Lipinski definition) is 4. The first-order chi connectivity index (χ1) is 10.6. The molecule has 1 heterocycles. The maximum atomic E-state index is 14.1. The van der Waals surface area contributed by atoms with Crippen molar-refractivity contribution in [1.82, 2.24) is 14.8 Å². The van der Waals surface area contributed by atoms with Crippen LogP contribution in [0.25, 0.3) is 11.4 Å². The van der Waals surface area contributed by atoms with E-state index in [1.165, 1.54) is 14.0 Å². The van der Waals surface area contributed by atoms with Gasteiger partial charge in [0.1, 0.15) is 5.82 Å². The van der Waals surface area contributed by atoms with E-state index in [1.807, 2.05) is 0 Å². The minimum absolute atomic E-state index is 0.0466. The van der Waals surface area contributed by atoms with Gasteiger partial charge < -0.3 is 5.11 Å². The number of aryl methyl sites for hydroxylation is 2. The second kappa shape index (κ2) is 6.19. The zero-order valence-corrected chi connectivity index (χ0v) is 12.8. The number of aromatic carboxylic acids is 1. The SMILES string of the molecule is Cc1cc(F)c(-c2nc(SCC(F)(F)F)nn2C)cc1C(=O)O. The van der Waals surface area contributed by atoms with Crippen LogP contribution in [0.15, 0.2) is 17.3 Å². The summed E-state index contributed by atoms with van der Waals surface area (Å²) in [5, 5.41) is 12.7. The molecule has 1 aromatic carbocycles. The van der Waals surface area contributed by atoms with Crippen LogP contribution >= 0.6 is 11.8 Å². The number of nitrogens with zero attached hydrogens (tertiary/aromatic N) is 3. The second-order valence-electron chi connectivity index (χ2n) is 4.70. The molecule has 0 amide bonds. The summed E-state index contributed by atoms with van der Waals surface area (Å²) in [6, 6.07) is 2.13. The molecule has 0 aliphatic carbocycles. The van der Waals surface area contributed by atoms with E-state index < -0.39 is 23.7 Å². The molecular formula is C13H11F4N3O2S. The number of carbonyl (C=O) groups is 1. The lowest BCUT2D eigenvalue weighted by Crippen LogP contribution is -2.10. The lowest BCUT2D eigenvalue weighted by molar-refractivity contribution is -0.105. The molecule has 124 valence electrons. The minimum atomic E-state index is -4.38. The normalized spacial score (nSPS) is 11.7. The van der Waals surface area contributed by atoms with Crippen LogP contribution in [-0.4, -0.2) is 37.8 Å². The third kappa shape index (κ3) is 4.01. The maximum Gasteiger partial charge on any atom is 0.398 e. The maximum absolute atomic E-state index is 14.1. The lowest BCUT2D eigenvalue weighted by atomic mass is 10.0. The van der Waals surface area contributed by atoms with Gasteiger partial charge in [0.15, 0.2) is 5.82 Å². The molecule has 0 aliphatic heterocycles. The van der Waals surface area contributed by atoms with Crippen molar-refractivity contribution in [3.05, 3.63) is 29.1 Å². The van der Waals surface area contributed by atoms with E-state index in [9.17, 15) is 22.4 Å². The fourth-order valence-corrected chi connectivity index (χ4v) is 2.50. The Morgan fingerprint density at radius 3 is 2.61 bits per heavy atom. The Hall–Kier alpha value is -2.10. The first kappa shape index (κ1) is 17.3. The van der Waals surface area contributed by atoms with Gasteiger partial charge in [-0.3, -0.25) is 0 Å². The molecule has 0 spiro atoms. The topological polar surface area (TPSA) is 68.0 Å². The highest BCUT2D eigenvalue weighted by atomic mass is 32.2. The Morgan fingerprint density at radius 2 is 2.04 bits per heavy atom. The highest BCUT2D eigenvalue weighted by molar-refractivity contribution is 7.99. The van der Waals surface area contributed by atoms with Crippen LogP contribution in [0.3, 0.4) is 0 Å². The molecule has 1 aromatic heterocycles. The Bertz CT molecular complexity index is 758. The van der Waals surface area contributed by atoms with Crippen molar-refractivity contribution < 1.29 is 27.5 Å². The molecule has 0 fully saturated rings. The number of aromatic nitrogens is 3. The van der Waals surface area contributed by atoms with Crippen LogP contribution in [0.2, 0.25) is 0 Å². The largest absolute Gasteiger partial charge is 0.478 e. The lowest BCUT2D eigenvalue weighted by Gasteiger charge is -2.06. The molecule has 0 atom stereocenters. The summed E-state index contributed by atoms with van der Waals surface area (Å²) in [4.78, 5) is 15.0. The van der Waals surface area contributed by atoms with E-state index in [-0.39, 0.29) is 27.7 Å². The molecular weight excluding hydrogens is 338 g/mol. The van der Waals surface area contributed by atoms with E-state index in [0.29, 0.717) is 11.8 Å². The van der Waals surface area contributed by atoms with E-state index in [0.717, 1.165) is 16.8 Å². The summed E-state index contributed by atoms with van der Waals surface area (Å²) >= 11 is 0.370. The monoisotopic (exact) mass is 349 g/mol. The van der Waals surface area contributed by atoms with Gasteiger partial charge in [-0.25, -0.2) is 18.9 Å². The number of carboxylic acid groups (broad SMARTS) is 1. The zero-order chi connectivity index (χ0) is 17.4. The molecule has 5 nitrogen and oxygen atoms in total. The molecule has 2 rings (SSSR count). The Kier molecular flexibility index (Phi) is 4.64. The number of carboxylic acids is 1. The van der Waals surface area contributed by atoms with Crippen molar-refractivity contribution in [2.24, 2.45) is 7.05 Å². The number of alkyl halides is 3. The van der Waals surface area contributed by atoms with Gasteiger partial charge in [0.05, 0.1) is 16.9 Å². The molecule has 10 heteroatoms. The fourth-order valence-electron chi connectivity index (χ4n) is 1.88. The Balaban J connectivity index is 2.41. The summed E-state index contributed by atoms with van der Waals surface area (Å²) in [6.45, 7) is 1.44. The van der Waals surface area contributed by atoms with Crippen LogP contribution in [-0.2, 0) is 7.05 Å². The number of halogens is 4. The van der Waals surface area contributed by atoms with Crippen LogP contribution in [0, 0.1) is 12.7 Å². The average molecular weight is 349 g/mol. The molecule has 23 heavy (non-hydrogen) atoms. The smallest absolute Gasteiger partial charge is 0.398 e. The first-order valence-corrected chi connectivity index (χ1v) is 7.21. The molecule has 0 radical (unpaired) electrons. The average Bonchev–Trinajstić information content (AvgIpc) is 2.76. The van der Waals surface area contributed by atoms with Crippen molar-refractivity contribution in [3.63, 3.8) is 0 Å². The van der Waals surface area contributed by atoms with Crippen LogP contribution < -0.4 is 0 Å². The summed E-state index contributed by atoms with van der Waals surface area (Å²) in [6.07, 6.45) is -4.38. The highest BCUT2D eigenvalue weighted by Crippen LogP contribution is 2.29. The van der Waals surface area contributed by atoms with Crippen molar-refractivity contribution >= 4 is 17.7 Å². The van der Waals surface area contributed by atoms with E-state index in [2.05, 4.69) is 10.1 Å². The molecule has 0 unspecified atom stereocenters. The van der Waals surface area contributed by atoms with E-state index >= 15 is 0 Å². The molecule has 0 saturated carbocycles.